The molecule has 0 atom stereocenters. The Morgan fingerprint density at radius 1 is 1.15 bits per heavy atom. The topological polar surface area (TPSA) is 23.5 Å². The van der Waals surface area contributed by atoms with Crippen molar-refractivity contribution in [1.82, 2.24) is 4.90 Å². The molecule has 1 aromatic carbocycles. The van der Waals surface area contributed by atoms with E-state index in [9.17, 15) is 5.11 Å². The van der Waals surface area contributed by atoms with Crippen molar-refractivity contribution < 1.29 is 5.11 Å². The van der Waals surface area contributed by atoms with Gasteiger partial charge in [-0.15, -0.1) is 0 Å². The quantitative estimate of drug-likeness (QED) is 0.851. The predicted octanol–water partition coefficient (Wildman–Crippen LogP) is 4.62. The summed E-state index contributed by atoms with van der Waals surface area (Å²) in [6.45, 7) is 5.21. The second kappa shape index (κ2) is 5.69. The van der Waals surface area contributed by atoms with Crippen LogP contribution in [0.1, 0.15) is 49.7 Å². The van der Waals surface area contributed by atoms with Crippen molar-refractivity contribution in [2.24, 2.45) is 5.41 Å². The number of aromatic hydroxyl groups is 1. The number of piperidine rings is 1. The van der Waals surface area contributed by atoms with Gasteiger partial charge < -0.3 is 5.11 Å². The Bertz CT molecular complexity index is 484. The van der Waals surface area contributed by atoms with Crippen molar-refractivity contribution in [2.45, 2.75) is 52.0 Å². The first kappa shape index (κ1) is 14.4. The highest BCUT2D eigenvalue weighted by molar-refractivity contribution is 9.10. The first-order chi connectivity index (χ1) is 9.58. The number of hydrogen-bond donors (Lipinski definition) is 1. The Morgan fingerprint density at radius 2 is 1.80 bits per heavy atom. The van der Waals surface area contributed by atoms with Gasteiger partial charge in [-0.25, -0.2) is 0 Å². The Kier molecular flexibility index (Phi) is 4.09. The van der Waals surface area contributed by atoms with Crippen LogP contribution < -0.4 is 0 Å². The summed E-state index contributed by atoms with van der Waals surface area (Å²) in [5.74, 6) is 0.467. The Labute approximate surface area is 130 Å². The van der Waals surface area contributed by atoms with Crippen molar-refractivity contribution >= 4 is 15.9 Å². The second-order valence-electron chi connectivity index (χ2n) is 6.71. The van der Waals surface area contributed by atoms with Gasteiger partial charge in [0.25, 0.3) is 0 Å². The van der Waals surface area contributed by atoms with Gasteiger partial charge >= 0.3 is 0 Å². The van der Waals surface area contributed by atoms with Gasteiger partial charge in [0.15, 0.2) is 0 Å². The summed E-state index contributed by atoms with van der Waals surface area (Å²) in [6.07, 6.45) is 8.46. The molecule has 1 aromatic rings. The van der Waals surface area contributed by atoms with Crippen LogP contribution in [0.4, 0.5) is 0 Å². The average molecular weight is 338 g/mol. The highest BCUT2D eigenvalue weighted by Gasteiger charge is 2.36. The molecule has 0 unspecified atom stereocenters. The lowest BCUT2D eigenvalue weighted by molar-refractivity contribution is 0.103. The lowest BCUT2D eigenvalue weighted by atomic mass is 9.77. The monoisotopic (exact) mass is 337 g/mol. The highest BCUT2D eigenvalue weighted by Crippen LogP contribution is 2.46. The van der Waals surface area contributed by atoms with Gasteiger partial charge in [-0.3, -0.25) is 4.90 Å². The van der Waals surface area contributed by atoms with Crippen LogP contribution in [-0.2, 0) is 6.54 Å². The summed E-state index contributed by atoms with van der Waals surface area (Å²) in [5, 5.41) is 10.2. The van der Waals surface area contributed by atoms with E-state index in [2.05, 4.69) is 26.9 Å². The third-order valence-corrected chi connectivity index (χ3v) is 5.78. The van der Waals surface area contributed by atoms with Gasteiger partial charge in [-0.1, -0.05) is 28.8 Å². The summed E-state index contributed by atoms with van der Waals surface area (Å²) in [6, 6.07) is 4.03. The summed E-state index contributed by atoms with van der Waals surface area (Å²) in [4.78, 5) is 2.50. The van der Waals surface area contributed by atoms with Crippen LogP contribution in [0.25, 0.3) is 0 Å². The normalized spacial score (nSPS) is 22.5. The zero-order valence-corrected chi connectivity index (χ0v) is 13.9. The minimum absolute atomic E-state index is 0.467. The van der Waals surface area contributed by atoms with Crippen LogP contribution in [0.5, 0.6) is 5.75 Å². The smallest absolute Gasteiger partial charge is 0.123 e. The number of halogens is 1. The molecule has 2 aliphatic rings. The van der Waals surface area contributed by atoms with E-state index in [0.29, 0.717) is 11.2 Å². The number of nitrogens with zero attached hydrogens (tertiary/aromatic N) is 1. The van der Waals surface area contributed by atoms with Gasteiger partial charge in [0.2, 0.25) is 0 Å². The fourth-order valence-corrected chi connectivity index (χ4v) is 4.60. The maximum Gasteiger partial charge on any atom is 0.123 e. The lowest BCUT2D eigenvalue weighted by Gasteiger charge is -2.39. The zero-order chi connectivity index (χ0) is 14.2. The molecule has 3 rings (SSSR count). The molecule has 1 saturated heterocycles. The van der Waals surface area contributed by atoms with Gasteiger partial charge in [0, 0.05) is 16.6 Å². The van der Waals surface area contributed by atoms with Crippen molar-refractivity contribution in [3.05, 3.63) is 27.7 Å². The molecule has 20 heavy (non-hydrogen) atoms. The first-order valence-corrected chi connectivity index (χ1v) is 8.58. The fourth-order valence-electron chi connectivity index (χ4n) is 3.98. The van der Waals surface area contributed by atoms with Crippen molar-refractivity contribution in [1.29, 1.82) is 0 Å². The molecule has 2 nitrogen and oxygen atoms in total. The Hall–Kier alpha value is -0.540. The van der Waals surface area contributed by atoms with E-state index in [1.807, 2.05) is 13.0 Å². The van der Waals surface area contributed by atoms with E-state index in [1.165, 1.54) is 51.6 Å². The maximum absolute atomic E-state index is 10.2. The average Bonchev–Trinajstić information content (AvgIpc) is 2.87. The Balaban J connectivity index is 1.65. The van der Waals surface area contributed by atoms with E-state index in [0.717, 1.165) is 22.1 Å². The van der Waals surface area contributed by atoms with E-state index in [-0.39, 0.29) is 0 Å². The van der Waals surface area contributed by atoms with E-state index in [1.54, 1.807) is 0 Å². The molecular weight excluding hydrogens is 314 g/mol. The molecule has 1 aliphatic carbocycles. The molecule has 0 aromatic heterocycles. The second-order valence-corrected chi connectivity index (χ2v) is 7.63. The molecule has 0 amide bonds. The minimum Gasteiger partial charge on any atom is -0.507 e. The van der Waals surface area contributed by atoms with Gasteiger partial charge in [-0.05, 0) is 68.8 Å². The molecule has 1 aliphatic heterocycles. The number of phenolic OH excluding ortho intramolecular Hbond substituents is 1. The third kappa shape index (κ3) is 2.89. The van der Waals surface area contributed by atoms with Gasteiger partial charge in [0.05, 0.1) is 0 Å². The van der Waals surface area contributed by atoms with Gasteiger partial charge in [-0.2, -0.15) is 0 Å². The molecule has 1 heterocycles. The van der Waals surface area contributed by atoms with Crippen LogP contribution in [0.15, 0.2) is 16.6 Å². The molecule has 1 spiro atoms. The third-order valence-electron chi connectivity index (χ3n) is 5.32. The van der Waals surface area contributed by atoms with Crippen molar-refractivity contribution in [2.75, 3.05) is 13.1 Å². The molecule has 2 fully saturated rings. The van der Waals surface area contributed by atoms with Crippen LogP contribution in [0, 0.1) is 12.3 Å². The van der Waals surface area contributed by atoms with Crippen LogP contribution >= 0.6 is 15.9 Å². The lowest BCUT2D eigenvalue weighted by Crippen LogP contribution is -2.38. The van der Waals surface area contributed by atoms with Crippen molar-refractivity contribution in [3.8, 4) is 5.75 Å². The largest absolute Gasteiger partial charge is 0.507 e. The summed E-state index contributed by atoms with van der Waals surface area (Å²) in [5.41, 5.74) is 2.68. The zero-order valence-electron chi connectivity index (χ0n) is 12.3. The predicted molar refractivity (Wildman–Crippen MR) is 86.0 cm³/mol. The maximum atomic E-state index is 10.2. The van der Waals surface area contributed by atoms with Crippen LogP contribution in [0.2, 0.25) is 0 Å². The molecule has 1 saturated carbocycles. The van der Waals surface area contributed by atoms with Crippen LogP contribution in [-0.4, -0.2) is 23.1 Å². The summed E-state index contributed by atoms with van der Waals surface area (Å²) >= 11 is 3.53. The number of phenols is 1. The molecule has 110 valence electrons. The number of rotatable bonds is 2. The summed E-state index contributed by atoms with van der Waals surface area (Å²) < 4.78 is 1.06. The SMILES string of the molecule is Cc1cc(Br)cc(CN2CCC3(CCCC3)CC2)c1O. The number of hydrogen-bond acceptors (Lipinski definition) is 2. The summed E-state index contributed by atoms with van der Waals surface area (Å²) in [7, 11) is 0. The molecular formula is C17H24BrNO. The van der Waals surface area contributed by atoms with E-state index >= 15 is 0 Å². The number of likely N-dealkylation sites (tertiary alicyclic amines) is 1. The number of benzene rings is 1. The molecule has 0 bridgehead atoms. The standard InChI is InChI=1S/C17H24BrNO/c1-13-10-15(18)11-14(16(13)20)12-19-8-6-17(7-9-19)4-2-3-5-17/h10-11,20H,2-9,12H2,1H3. The highest BCUT2D eigenvalue weighted by atomic mass is 79.9. The fraction of sp³-hybridized carbons (Fsp3) is 0.647. The van der Waals surface area contributed by atoms with E-state index < -0.39 is 0 Å². The first-order valence-electron chi connectivity index (χ1n) is 7.78. The van der Waals surface area contributed by atoms with Crippen LogP contribution in [0.3, 0.4) is 0 Å². The number of aryl methyl sites for hydroxylation is 1. The minimum atomic E-state index is 0.467. The molecule has 1 N–H and O–H groups in total. The molecule has 3 heteroatoms. The van der Waals surface area contributed by atoms with Gasteiger partial charge in [0.1, 0.15) is 5.75 Å². The van der Waals surface area contributed by atoms with E-state index in [4.69, 9.17) is 0 Å². The molecule has 0 radical (unpaired) electrons. The Morgan fingerprint density at radius 3 is 2.45 bits per heavy atom. The van der Waals surface area contributed by atoms with Crippen molar-refractivity contribution in [3.63, 3.8) is 0 Å².